The number of nitrogens with zero attached hydrogens (tertiary/aromatic N) is 2. The molecule has 2 atom stereocenters. The number of aliphatic hydroxyl groups is 1. The molecular formula is C25H39N3O2. The van der Waals surface area contributed by atoms with Crippen LogP contribution in [0.25, 0.3) is 5.57 Å². The van der Waals surface area contributed by atoms with E-state index < -0.39 is 0 Å². The molecule has 0 heterocycles. The van der Waals surface area contributed by atoms with Gasteiger partial charge in [0.1, 0.15) is 0 Å². The van der Waals surface area contributed by atoms with Gasteiger partial charge in [-0.05, 0) is 56.3 Å². The number of aliphatic hydroxyl groups excluding tert-OH is 1. The Morgan fingerprint density at radius 1 is 1.17 bits per heavy atom. The van der Waals surface area contributed by atoms with Crippen molar-refractivity contribution in [3.8, 4) is 0 Å². The second-order valence-electron chi connectivity index (χ2n) is 8.92. The van der Waals surface area contributed by atoms with Gasteiger partial charge in [0.15, 0.2) is 0 Å². The van der Waals surface area contributed by atoms with Crippen molar-refractivity contribution >= 4 is 11.6 Å². The molecular weight excluding hydrogens is 374 g/mol. The van der Waals surface area contributed by atoms with Gasteiger partial charge < -0.3 is 20.2 Å². The Labute approximate surface area is 182 Å². The molecule has 0 saturated heterocycles. The Kier molecular flexibility index (Phi) is 10.1. The molecule has 5 nitrogen and oxygen atoms in total. The van der Waals surface area contributed by atoms with E-state index >= 15 is 0 Å². The summed E-state index contributed by atoms with van der Waals surface area (Å²) in [5, 5.41) is 12.9. The van der Waals surface area contributed by atoms with Gasteiger partial charge in [-0.2, -0.15) is 0 Å². The summed E-state index contributed by atoms with van der Waals surface area (Å²) in [6.45, 7) is 6.55. The number of allylic oxidation sites excluding steroid dienone is 4. The van der Waals surface area contributed by atoms with Crippen molar-refractivity contribution in [1.29, 1.82) is 0 Å². The smallest absolute Gasteiger partial charge is 0.317 e. The van der Waals surface area contributed by atoms with Gasteiger partial charge in [0.25, 0.3) is 0 Å². The molecule has 1 aliphatic rings. The highest BCUT2D eigenvalue weighted by molar-refractivity contribution is 5.75. The number of carbonyl (C=O) groups excluding carboxylic acids is 1. The number of hydrogen-bond acceptors (Lipinski definition) is 3. The molecule has 2 N–H and O–H groups in total. The molecule has 166 valence electrons. The van der Waals surface area contributed by atoms with E-state index in [1.807, 2.05) is 25.1 Å². The highest BCUT2D eigenvalue weighted by atomic mass is 16.3. The molecule has 0 spiro atoms. The minimum absolute atomic E-state index is 0.0446. The molecule has 0 bridgehead atoms. The van der Waals surface area contributed by atoms with Crippen LogP contribution in [0.2, 0.25) is 0 Å². The summed E-state index contributed by atoms with van der Waals surface area (Å²) >= 11 is 0. The van der Waals surface area contributed by atoms with Crippen molar-refractivity contribution in [2.75, 3.05) is 40.3 Å². The van der Waals surface area contributed by atoms with Crippen LogP contribution in [0.15, 0.2) is 48.6 Å². The Morgan fingerprint density at radius 2 is 1.90 bits per heavy atom. The fourth-order valence-corrected chi connectivity index (χ4v) is 3.54. The number of carbonyl (C=O) groups is 1. The summed E-state index contributed by atoms with van der Waals surface area (Å²) in [7, 11) is 4.03. The zero-order chi connectivity index (χ0) is 21.9. The first kappa shape index (κ1) is 24.2. The van der Waals surface area contributed by atoms with Gasteiger partial charge in [0.05, 0.1) is 12.6 Å². The molecule has 1 aromatic carbocycles. The molecule has 0 saturated carbocycles. The minimum Gasteiger partial charge on any atom is -0.394 e. The van der Waals surface area contributed by atoms with E-state index in [2.05, 4.69) is 66.6 Å². The minimum atomic E-state index is -0.236. The first-order valence-electron chi connectivity index (χ1n) is 11.1. The summed E-state index contributed by atoms with van der Waals surface area (Å²) in [6, 6.07) is 10.1. The standard InChI is InChI=1S/C25H39N3O2/c1-20(2)14-15-28(17-16-27(3)4)25(30)26-24(19-29)18-21-10-12-23(13-11-21)22-8-6-5-7-9-22/h5-10,12-13,20-21,24,29H,11,14-19H2,1-4H3,(H,26,30)/t21?,24-/m0/s1. The van der Waals surface area contributed by atoms with Crippen LogP contribution in [0.5, 0.6) is 0 Å². The molecule has 30 heavy (non-hydrogen) atoms. The molecule has 1 unspecified atom stereocenters. The monoisotopic (exact) mass is 413 g/mol. The van der Waals surface area contributed by atoms with E-state index in [9.17, 15) is 9.90 Å². The quantitative estimate of drug-likeness (QED) is 0.576. The van der Waals surface area contributed by atoms with Crippen LogP contribution >= 0.6 is 0 Å². The number of urea groups is 1. The Bertz CT molecular complexity index is 686. The van der Waals surface area contributed by atoms with Crippen LogP contribution in [0, 0.1) is 11.8 Å². The molecule has 5 heteroatoms. The first-order chi connectivity index (χ1) is 14.4. The molecule has 0 fully saturated rings. The topological polar surface area (TPSA) is 55.8 Å². The van der Waals surface area contributed by atoms with Gasteiger partial charge in [0, 0.05) is 19.6 Å². The number of likely N-dealkylation sites (N-methyl/N-ethyl adjacent to an activating group) is 1. The van der Waals surface area contributed by atoms with Gasteiger partial charge in [-0.15, -0.1) is 0 Å². The van der Waals surface area contributed by atoms with Crippen molar-refractivity contribution in [3.05, 3.63) is 54.1 Å². The molecule has 0 radical (unpaired) electrons. The molecule has 2 amide bonds. The zero-order valence-corrected chi connectivity index (χ0v) is 19.1. The van der Waals surface area contributed by atoms with Crippen LogP contribution in [0.4, 0.5) is 4.79 Å². The number of benzene rings is 1. The second kappa shape index (κ2) is 12.6. The predicted molar refractivity (Wildman–Crippen MR) is 125 cm³/mol. The number of rotatable bonds is 11. The van der Waals surface area contributed by atoms with Crippen molar-refractivity contribution in [3.63, 3.8) is 0 Å². The summed E-state index contributed by atoms with van der Waals surface area (Å²) in [5.74, 6) is 0.868. The van der Waals surface area contributed by atoms with Crippen LogP contribution in [0.1, 0.15) is 38.7 Å². The number of amides is 2. The van der Waals surface area contributed by atoms with Crippen molar-refractivity contribution in [2.45, 2.75) is 39.2 Å². The highest BCUT2D eigenvalue weighted by Crippen LogP contribution is 2.26. The van der Waals surface area contributed by atoms with Gasteiger partial charge >= 0.3 is 6.03 Å². The van der Waals surface area contributed by atoms with E-state index in [-0.39, 0.29) is 18.7 Å². The van der Waals surface area contributed by atoms with Crippen LogP contribution < -0.4 is 5.32 Å². The average Bonchev–Trinajstić information content (AvgIpc) is 2.74. The zero-order valence-electron chi connectivity index (χ0n) is 19.1. The molecule has 1 aliphatic carbocycles. The summed E-state index contributed by atoms with van der Waals surface area (Å²) in [5.41, 5.74) is 2.46. The molecule has 0 aromatic heterocycles. The predicted octanol–water partition coefficient (Wildman–Crippen LogP) is 4.02. The highest BCUT2D eigenvalue weighted by Gasteiger charge is 2.21. The normalized spacial score (nSPS) is 17.2. The maximum Gasteiger partial charge on any atom is 0.317 e. The van der Waals surface area contributed by atoms with Crippen LogP contribution in [-0.4, -0.2) is 67.3 Å². The SMILES string of the molecule is CC(C)CCN(CCN(C)C)C(=O)N[C@H](CO)CC1C=CC(c2ccccc2)=CC1. The van der Waals surface area contributed by atoms with Gasteiger partial charge in [-0.25, -0.2) is 4.79 Å². The Balaban J connectivity index is 1.89. The third-order valence-electron chi connectivity index (χ3n) is 5.51. The number of hydrogen-bond donors (Lipinski definition) is 2. The fourth-order valence-electron chi connectivity index (χ4n) is 3.54. The lowest BCUT2D eigenvalue weighted by Crippen LogP contribution is -2.49. The third-order valence-corrected chi connectivity index (χ3v) is 5.51. The molecule has 1 aromatic rings. The summed E-state index contributed by atoms with van der Waals surface area (Å²) < 4.78 is 0. The van der Waals surface area contributed by atoms with Gasteiger partial charge in [-0.3, -0.25) is 0 Å². The summed E-state index contributed by atoms with van der Waals surface area (Å²) in [6.07, 6.45) is 9.25. The van der Waals surface area contributed by atoms with E-state index in [1.165, 1.54) is 11.1 Å². The lowest BCUT2D eigenvalue weighted by Gasteiger charge is -2.29. The van der Waals surface area contributed by atoms with Crippen molar-refractivity contribution < 1.29 is 9.90 Å². The number of nitrogens with one attached hydrogen (secondary N) is 1. The van der Waals surface area contributed by atoms with E-state index in [4.69, 9.17) is 0 Å². The molecule has 2 rings (SSSR count). The van der Waals surface area contributed by atoms with E-state index in [0.717, 1.165) is 32.4 Å². The Hall–Kier alpha value is -2.11. The molecule has 0 aliphatic heterocycles. The van der Waals surface area contributed by atoms with E-state index in [0.29, 0.717) is 18.4 Å². The fraction of sp³-hybridized carbons (Fsp3) is 0.560. The lowest BCUT2D eigenvalue weighted by atomic mass is 9.89. The van der Waals surface area contributed by atoms with Crippen molar-refractivity contribution in [1.82, 2.24) is 15.1 Å². The largest absolute Gasteiger partial charge is 0.394 e. The maximum atomic E-state index is 12.9. The average molecular weight is 414 g/mol. The van der Waals surface area contributed by atoms with E-state index in [1.54, 1.807) is 0 Å². The van der Waals surface area contributed by atoms with Crippen LogP contribution in [-0.2, 0) is 0 Å². The van der Waals surface area contributed by atoms with Crippen LogP contribution in [0.3, 0.4) is 0 Å². The first-order valence-corrected chi connectivity index (χ1v) is 11.1. The van der Waals surface area contributed by atoms with Gasteiger partial charge in [0.2, 0.25) is 0 Å². The van der Waals surface area contributed by atoms with Gasteiger partial charge in [-0.1, -0.05) is 62.4 Å². The lowest BCUT2D eigenvalue weighted by molar-refractivity contribution is 0.170. The second-order valence-corrected chi connectivity index (χ2v) is 8.92. The Morgan fingerprint density at radius 3 is 2.47 bits per heavy atom. The maximum absolute atomic E-state index is 12.9. The third kappa shape index (κ3) is 8.33. The summed E-state index contributed by atoms with van der Waals surface area (Å²) in [4.78, 5) is 16.8. The van der Waals surface area contributed by atoms with Crippen molar-refractivity contribution in [2.24, 2.45) is 11.8 Å².